The first-order valence-electron chi connectivity index (χ1n) is 6.43. The Labute approximate surface area is 102 Å². The molecule has 2 atom stereocenters. The van der Waals surface area contributed by atoms with Gasteiger partial charge in [0.05, 0.1) is 0 Å². The van der Waals surface area contributed by atoms with Crippen LogP contribution in [0.2, 0.25) is 0 Å². The Hall–Kier alpha value is -1.06. The van der Waals surface area contributed by atoms with Gasteiger partial charge >= 0.3 is 6.09 Å². The zero-order valence-corrected chi connectivity index (χ0v) is 10.9. The highest BCUT2D eigenvalue weighted by Gasteiger charge is 2.45. The van der Waals surface area contributed by atoms with Crippen molar-refractivity contribution in [1.29, 1.82) is 0 Å². The van der Waals surface area contributed by atoms with Gasteiger partial charge in [0.2, 0.25) is 5.91 Å². The van der Waals surface area contributed by atoms with E-state index < -0.39 is 11.7 Å². The van der Waals surface area contributed by atoms with Crippen molar-refractivity contribution < 1.29 is 14.3 Å². The second kappa shape index (κ2) is 4.31. The molecule has 0 N–H and O–H groups in total. The monoisotopic (exact) mass is 239 g/mol. The number of hydrogen-bond donors (Lipinski definition) is 0. The summed E-state index contributed by atoms with van der Waals surface area (Å²) in [4.78, 5) is 25.3. The van der Waals surface area contributed by atoms with Crippen LogP contribution in [-0.2, 0) is 9.53 Å². The van der Waals surface area contributed by atoms with E-state index in [-0.39, 0.29) is 11.8 Å². The van der Waals surface area contributed by atoms with Crippen molar-refractivity contribution in [3.8, 4) is 0 Å². The smallest absolute Gasteiger partial charge is 0.417 e. The molecule has 0 bridgehead atoms. The number of nitrogens with zero attached hydrogens (tertiary/aromatic N) is 1. The molecule has 4 heteroatoms. The van der Waals surface area contributed by atoms with E-state index in [0.717, 1.165) is 19.3 Å². The topological polar surface area (TPSA) is 46.6 Å². The minimum atomic E-state index is -0.537. The molecule has 2 aliphatic rings. The van der Waals surface area contributed by atoms with E-state index in [0.29, 0.717) is 12.5 Å². The first-order chi connectivity index (χ1) is 7.88. The normalized spacial score (nSPS) is 29.1. The molecule has 0 aromatic carbocycles. The fourth-order valence-electron chi connectivity index (χ4n) is 2.76. The average molecular weight is 239 g/mol. The summed E-state index contributed by atoms with van der Waals surface area (Å²) in [5, 5.41) is 0. The van der Waals surface area contributed by atoms with Gasteiger partial charge in [0.25, 0.3) is 0 Å². The molecule has 2 amide bonds. The highest BCUT2D eigenvalue weighted by atomic mass is 16.6. The van der Waals surface area contributed by atoms with Crippen LogP contribution in [0.15, 0.2) is 0 Å². The summed E-state index contributed by atoms with van der Waals surface area (Å²) in [5.41, 5.74) is -0.537. The zero-order valence-electron chi connectivity index (χ0n) is 10.9. The molecular formula is C13H21NO3. The molecule has 4 nitrogen and oxygen atoms in total. The van der Waals surface area contributed by atoms with Gasteiger partial charge in [-0.2, -0.15) is 0 Å². The molecule has 0 spiro atoms. The standard InChI is InChI=1S/C13H21NO3/c1-13(2,3)17-12(16)14-8-9-6-4-5-7-10(9)11(14)15/h9-10H,4-8H2,1-3H3/t9-,10-/m1/s1. The number of ether oxygens (including phenoxy) is 1. The van der Waals surface area contributed by atoms with Crippen molar-refractivity contribution in [3.63, 3.8) is 0 Å². The Morgan fingerprint density at radius 2 is 1.94 bits per heavy atom. The Balaban J connectivity index is 2.03. The van der Waals surface area contributed by atoms with E-state index in [1.54, 1.807) is 0 Å². The quantitative estimate of drug-likeness (QED) is 0.652. The molecule has 0 aromatic heterocycles. The van der Waals surface area contributed by atoms with Gasteiger partial charge in [-0.25, -0.2) is 9.69 Å². The molecule has 0 unspecified atom stereocenters. The molecule has 1 saturated heterocycles. The number of fused-ring (bicyclic) bond motifs is 1. The summed E-state index contributed by atoms with van der Waals surface area (Å²) in [7, 11) is 0. The summed E-state index contributed by atoms with van der Waals surface area (Å²) in [6, 6.07) is 0. The number of amides is 2. The van der Waals surface area contributed by atoms with Crippen LogP contribution in [-0.4, -0.2) is 29.0 Å². The molecule has 1 saturated carbocycles. The predicted octanol–water partition coefficient (Wildman–Crippen LogP) is 2.57. The maximum absolute atomic E-state index is 12.1. The number of hydrogen-bond acceptors (Lipinski definition) is 3. The van der Waals surface area contributed by atoms with Crippen molar-refractivity contribution in [3.05, 3.63) is 0 Å². The predicted molar refractivity (Wildman–Crippen MR) is 63.4 cm³/mol. The Morgan fingerprint density at radius 1 is 1.29 bits per heavy atom. The molecule has 2 fully saturated rings. The fraction of sp³-hybridized carbons (Fsp3) is 0.846. The molecule has 0 radical (unpaired) electrons. The number of rotatable bonds is 0. The van der Waals surface area contributed by atoms with Gasteiger partial charge < -0.3 is 4.74 Å². The third kappa shape index (κ3) is 2.61. The number of carbonyl (C=O) groups excluding carboxylic acids is 2. The highest BCUT2D eigenvalue weighted by Crippen LogP contribution is 2.37. The summed E-state index contributed by atoms with van der Waals surface area (Å²) >= 11 is 0. The van der Waals surface area contributed by atoms with Crippen LogP contribution in [0.25, 0.3) is 0 Å². The summed E-state index contributed by atoms with van der Waals surface area (Å²) in [6.07, 6.45) is 3.81. The molecule has 17 heavy (non-hydrogen) atoms. The molecule has 2 rings (SSSR count). The molecule has 96 valence electrons. The molecule has 1 heterocycles. The van der Waals surface area contributed by atoms with Gasteiger partial charge in [-0.1, -0.05) is 12.8 Å². The van der Waals surface area contributed by atoms with E-state index in [1.807, 2.05) is 20.8 Å². The molecule has 1 aliphatic heterocycles. The molecule has 0 aromatic rings. The number of imide groups is 1. The van der Waals surface area contributed by atoms with Gasteiger partial charge in [0.15, 0.2) is 0 Å². The third-order valence-electron chi connectivity index (χ3n) is 3.52. The van der Waals surface area contributed by atoms with Gasteiger partial charge in [0.1, 0.15) is 5.60 Å². The SMILES string of the molecule is CC(C)(C)OC(=O)N1C[C@H]2CCCC[C@H]2C1=O. The summed E-state index contributed by atoms with van der Waals surface area (Å²) in [5.74, 6) is 0.406. The molecular weight excluding hydrogens is 218 g/mol. The lowest BCUT2D eigenvalue weighted by Crippen LogP contribution is -2.38. The lowest BCUT2D eigenvalue weighted by Gasteiger charge is -2.23. The first-order valence-corrected chi connectivity index (χ1v) is 6.43. The number of carbonyl (C=O) groups is 2. The van der Waals surface area contributed by atoms with Crippen molar-refractivity contribution in [1.82, 2.24) is 4.90 Å². The van der Waals surface area contributed by atoms with E-state index in [2.05, 4.69) is 0 Å². The van der Waals surface area contributed by atoms with Crippen LogP contribution < -0.4 is 0 Å². The highest BCUT2D eigenvalue weighted by molar-refractivity contribution is 5.95. The lowest BCUT2D eigenvalue weighted by molar-refractivity contribution is -0.130. The van der Waals surface area contributed by atoms with Crippen molar-refractivity contribution >= 4 is 12.0 Å². The van der Waals surface area contributed by atoms with Gasteiger partial charge in [-0.05, 0) is 39.5 Å². The minimum Gasteiger partial charge on any atom is -0.443 e. The van der Waals surface area contributed by atoms with Crippen LogP contribution in [0, 0.1) is 11.8 Å². The Morgan fingerprint density at radius 3 is 2.53 bits per heavy atom. The van der Waals surface area contributed by atoms with E-state index >= 15 is 0 Å². The van der Waals surface area contributed by atoms with Gasteiger partial charge in [-0.15, -0.1) is 0 Å². The van der Waals surface area contributed by atoms with Crippen molar-refractivity contribution in [2.75, 3.05) is 6.54 Å². The Bertz CT molecular complexity index is 332. The van der Waals surface area contributed by atoms with Crippen LogP contribution in [0.4, 0.5) is 4.79 Å². The summed E-state index contributed by atoms with van der Waals surface area (Å²) in [6.45, 7) is 6.01. The second-order valence-electron chi connectivity index (χ2n) is 6.08. The minimum absolute atomic E-state index is 0.0241. The second-order valence-corrected chi connectivity index (χ2v) is 6.08. The van der Waals surface area contributed by atoms with Crippen LogP contribution in [0.5, 0.6) is 0 Å². The maximum atomic E-state index is 12.1. The van der Waals surface area contributed by atoms with Crippen LogP contribution in [0.1, 0.15) is 46.5 Å². The molecule has 1 aliphatic carbocycles. The fourth-order valence-corrected chi connectivity index (χ4v) is 2.76. The van der Waals surface area contributed by atoms with Gasteiger partial charge in [0, 0.05) is 12.5 Å². The van der Waals surface area contributed by atoms with Crippen molar-refractivity contribution in [2.24, 2.45) is 11.8 Å². The number of likely N-dealkylation sites (tertiary alicyclic amines) is 1. The van der Waals surface area contributed by atoms with Crippen LogP contribution >= 0.6 is 0 Å². The average Bonchev–Trinajstić information content (AvgIpc) is 2.55. The van der Waals surface area contributed by atoms with E-state index in [9.17, 15) is 9.59 Å². The Kier molecular flexibility index (Phi) is 3.15. The summed E-state index contributed by atoms with van der Waals surface area (Å²) < 4.78 is 5.26. The van der Waals surface area contributed by atoms with E-state index in [4.69, 9.17) is 4.74 Å². The van der Waals surface area contributed by atoms with Gasteiger partial charge in [-0.3, -0.25) is 4.79 Å². The third-order valence-corrected chi connectivity index (χ3v) is 3.52. The first kappa shape index (κ1) is 12.4. The largest absolute Gasteiger partial charge is 0.443 e. The van der Waals surface area contributed by atoms with Crippen molar-refractivity contribution in [2.45, 2.75) is 52.1 Å². The maximum Gasteiger partial charge on any atom is 0.417 e. The van der Waals surface area contributed by atoms with E-state index in [1.165, 1.54) is 11.3 Å². The van der Waals surface area contributed by atoms with Crippen LogP contribution in [0.3, 0.4) is 0 Å². The lowest BCUT2D eigenvalue weighted by atomic mass is 9.81. The zero-order chi connectivity index (χ0) is 12.6.